The number of hydrogen-bond acceptors (Lipinski definition) is 6. The number of H-pyrrole nitrogens is 1. The molecule has 1 aliphatic rings. The molecule has 0 spiro atoms. The molecule has 2 aromatic heterocycles. The van der Waals surface area contributed by atoms with Crippen LogP contribution in [0, 0.1) is 5.82 Å². The van der Waals surface area contributed by atoms with Crippen molar-refractivity contribution >= 4 is 28.6 Å². The summed E-state index contributed by atoms with van der Waals surface area (Å²) in [7, 11) is 1.57. The van der Waals surface area contributed by atoms with E-state index in [2.05, 4.69) is 15.0 Å². The van der Waals surface area contributed by atoms with Crippen LogP contribution in [0.15, 0.2) is 42.6 Å². The maximum absolute atomic E-state index is 15.3. The van der Waals surface area contributed by atoms with Gasteiger partial charge < -0.3 is 24.3 Å². The van der Waals surface area contributed by atoms with Crippen LogP contribution in [-0.2, 0) is 16.9 Å². The van der Waals surface area contributed by atoms with Gasteiger partial charge in [-0.25, -0.2) is 14.2 Å². The predicted octanol–water partition coefficient (Wildman–Crippen LogP) is 4.95. The van der Waals surface area contributed by atoms with Crippen LogP contribution in [0.2, 0.25) is 5.02 Å². The highest BCUT2D eigenvalue weighted by atomic mass is 35.5. The minimum Gasteiger partial charge on any atom is -0.478 e. The van der Waals surface area contributed by atoms with Crippen molar-refractivity contribution in [2.24, 2.45) is 0 Å². The Morgan fingerprint density at radius 2 is 2.09 bits per heavy atom. The van der Waals surface area contributed by atoms with Gasteiger partial charge in [-0.2, -0.15) is 0 Å². The first-order valence-corrected chi connectivity index (χ1v) is 10.7. The summed E-state index contributed by atoms with van der Waals surface area (Å²) in [5, 5.41) is 10.1. The summed E-state index contributed by atoms with van der Waals surface area (Å²) in [6.45, 7) is 2.07. The molecule has 1 atom stereocenters. The summed E-state index contributed by atoms with van der Waals surface area (Å²) in [5.74, 6) is -2.10. The van der Waals surface area contributed by atoms with Gasteiger partial charge in [-0.15, -0.1) is 0 Å². The molecular weight excluding hydrogens is 465 g/mol. The van der Waals surface area contributed by atoms with E-state index in [1.165, 1.54) is 30.5 Å². The zero-order valence-electron chi connectivity index (χ0n) is 18.2. The molecule has 10 heteroatoms. The molecule has 0 saturated heterocycles. The number of rotatable bonds is 6. The molecule has 0 bridgehead atoms. The molecule has 4 aromatic rings. The summed E-state index contributed by atoms with van der Waals surface area (Å²) in [5.41, 5.74) is 1.59. The molecule has 1 unspecified atom stereocenters. The molecule has 1 aliphatic heterocycles. The number of nitrogens with one attached hydrogen (secondary N) is 1. The SMILES string of the molecule is COCCc1nc2c(-c3c(F)ccc4c3OC(C)(c3ccc(Cl)cn3)O4)cc(C(=O)O)cc2[nH]1. The largest absolute Gasteiger partial charge is 0.478 e. The van der Waals surface area contributed by atoms with E-state index in [0.29, 0.717) is 46.4 Å². The second-order valence-corrected chi connectivity index (χ2v) is 8.35. The zero-order chi connectivity index (χ0) is 24.0. The quantitative estimate of drug-likeness (QED) is 0.399. The number of carboxylic acids is 1. The number of imidazole rings is 1. The predicted molar refractivity (Wildman–Crippen MR) is 122 cm³/mol. The fraction of sp³-hybridized carbons (Fsp3) is 0.208. The summed E-state index contributed by atoms with van der Waals surface area (Å²) < 4.78 is 32.6. The van der Waals surface area contributed by atoms with Crippen LogP contribution < -0.4 is 9.47 Å². The van der Waals surface area contributed by atoms with Gasteiger partial charge in [-0.1, -0.05) is 11.6 Å². The summed E-state index contributed by atoms with van der Waals surface area (Å²) in [4.78, 5) is 23.8. The van der Waals surface area contributed by atoms with E-state index in [9.17, 15) is 9.90 Å². The Morgan fingerprint density at radius 3 is 2.79 bits per heavy atom. The smallest absolute Gasteiger partial charge is 0.335 e. The fourth-order valence-electron chi connectivity index (χ4n) is 3.95. The molecule has 174 valence electrons. The van der Waals surface area contributed by atoms with E-state index in [1.54, 1.807) is 26.2 Å². The second kappa shape index (κ2) is 8.27. The second-order valence-electron chi connectivity index (χ2n) is 7.91. The van der Waals surface area contributed by atoms with Crippen molar-refractivity contribution < 1.29 is 28.5 Å². The first-order chi connectivity index (χ1) is 16.3. The number of benzene rings is 2. The van der Waals surface area contributed by atoms with Gasteiger partial charge in [0.1, 0.15) is 17.3 Å². The van der Waals surface area contributed by atoms with Crippen LogP contribution in [0.3, 0.4) is 0 Å². The first kappa shape index (κ1) is 22.1. The van der Waals surface area contributed by atoms with Crippen molar-refractivity contribution in [3.8, 4) is 22.6 Å². The van der Waals surface area contributed by atoms with Gasteiger partial charge in [0.05, 0.1) is 33.8 Å². The monoisotopic (exact) mass is 483 g/mol. The molecule has 2 N–H and O–H groups in total. The van der Waals surface area contributed by atoms with Crippen LogP contribution in [0.4, 0.5) is 4.39 Å². The number of pyridine rings is 1. The molecule has 8 nitrogen and oxygen atoms in total. The van der Waals surface area contributed by atoms with Gasteiger partial charge in [0.2, 0.25) is 0 Å². The minimum atomic E-state index is -1.34. The van der Waals surface area contributed by atoms with Crippen molar-refractivity contribution in [3.05, 3.63) is 70.5 Å². The van der Waals surface area contributed by atoms with Gasteiger partial charge in [0.25, 0.3) is 5.79 Å². The van der Waals surface area contributed by atoms with Crippen molar-refractivity contribution in [2.75, 3.05) is 13.7 Å². The average molecular weight is 484 g/mol. The Hall–Kier alpha value is -3.69. The van der Waals surface area contributed by atoms with Crippen molar-refractivity contribution in [3.63, 3.8) is 0 Å². The molecule has 5 rings (SSSR count). The Kier molecular flexibility index (Phi) is 5.38. The molecule has 0 amide bonds. The average Bonchev–Trinajstić information content (AvgIpc) is 3.38. The summed E-state index contributed by atoms with van der Waals surface area (Å²) in [6, 6.07) is 8.85. The maximum Gasteiger partial charge on any atom is 0.335 e. The fourth-order valence-corrected chi connectivity index (χ4v) is 4.06. The Labute approximate surface area is 198 Å². The third kappa shape index (κ3) is 3.72. The summed E-state index contributed by atoms with van der Waals surface area (Å²) >= 11 is 5.95. The number of aromatic amines is 1. The van der Waals surface area contributed by atoms with E-state index in [1.807, 2.05) is 0 Å². The molecule has 0 fully saturated rings. The lowest BCUT2D eigenvalue weighted by atomic mass is 9.99. The molecule has 2 aromatic carbocycles. The van der Waals surface area contributed by atoms with Gasteiger partial charge in [0, 0.05) is 32.2 Å². The molecule has 3 heterocycles. The Morgan fingerprint density at radius 1 is 1.26 bits per heavy atom. The number of carboxylic acid groups (broad SMARTS) is 1. The van der Waals surface area contributed by atoms with Crippen molar-refractivity contribution in [2.45, 2.75) is 19.1 Å². The van der Waals surface area contributed by atoms with Crippen LogP contribution >= 0.6 is 11.6 Å². The van der Waals surface area contributed by atoms with E-state index in [-0.39, 0.29) is 22.4 Å². The first-order valence-electron chi connectivity index (χ1n) is 10.4. The molecule has 34 heavy (non-hydrogen) atoms. The van der Waals surface area contributed by atoms with Gasteiger partial charge in [-0.3, -0.25) is 4.98 Å². The number of fused-ring (bicyclic) bond motifs is 2. The summed E-state index contributed by atoms with van der Waals surface area (Å²) in [6.07, 6.45) is 1.94. The lowest BCUT2D eigenvalue weighted by Gasteiger charge is -2.22. The zero-order valence-corrected chi connectivity index (χ0v) is 18.9. The Bertz CT molecular complexity index is 1420. The van der Waals surface area contributed by atoms with Crippen molar-refractivity contribution in [1.82, 2.24) is 15.0 Å². The highest BCUT2D eigenvalue weighted by molar-refractivity contribution is 6.30. The highest BCUT2D eigenvalue weighted by Crippen LogP contribution is 2.51. The number of ether oxygens (including phenoxy) is 3. The lowest BCUT2D eigenvalue weighted by Crippen LogP contribution is -2.32. The highest BCUT2D eigenvalue weighted by Gasteiger charge is 2.42. The van der Waals surface area contributed by atoms with Crippen LogP contribution in [0.1, 0.15) is 28.8 Å². The standard InChI is InChI=1S/C24H19ClFN3O5/c1-24(18-6-3-13(25)11-27-18)33-17-5-4-15(26)20(22(17)34-24)14-9-12(23(30)31)10-16-21(14)29-19(28-16)7-8-32-2/h3-6,9-11H,7-8H2,1-2H3,(H,28,29)(H,30,31). The third-order valence-electron chi connectivity index (χ3n) is 5.56. The van der Waals surface area contributed by atoms with Gasteiger partial charge >= 0.3 is 5.97 Å². The number of methoxy groups -OCH3 is 1. The van der Waals surface area contributed by atoms with E-state index in [0.717, 1.165) is 0 Å². The van der Waals surface area contributed by atoms with Crippen LogP contribution in [-0.4, -0.2) is 39.7 Å². The number of hydrogen-bond donors (Lipinski definition) is 2. The lowest BCUT2D eigenvalue weighted by molar-refractivity contribution is -0.0715. The van der Waals surface area contributed by atoms with Crippen molar-refractivity contribution in [1.29, 1.82) is 0 Å². The number of aromatic nitrogens is 3. The number of aromatic carboxylic acids is 1. The van der Waals surface area contributed by atoms with Crippen LogP contribution in [0.5, 0.6) is 11.5 Å². The number of nitrogens with zero attached hydrogens (tertiary/aromatic N) is 2. The van der Waals surface area contributed by atoms with Crippen LogP contribution in [0.25, 0.3) is 22.2 Å². The maximum atomic E-state index is 15.3. The molecule has 0 saturated carbocycles. The number of carbonyl (C=O) groups is 1. The van der Waals surface area contributed by atoms with E-state index in [4.69, 9.17) is 25.8 Å². The van der Waals surface area contributed by atoms with E-state index >= 15 is 4.39 Å². The topological polar surface area (TPSA) is 107 Å². The third-order valence-corrected chi connectivity index (χ3v) is 5.78. The molecular formula is C24H19ClFN3O5. The normalized spacial score (nSPS) is 16.8. The molecule has 0 aliphatic carbocycles. The van der Waals surface area contributed by atoms with Gasteiger partial charge in [-0.05, 0) is 36.4 Å². The van der Waals surface area contributed by atoms with Gasteiger partial charge in [0.15, 0.2) is 11.5 Å². The van der Waals surface area contributed by atoms with E-state index < -0.39 is 17.6 Å². The Balaban J connectivity index is 1.68. The molecule has 0 radical (unpaired) electrons. The minimum absolute atomic E-state index is 0.0255. The number of halogens is 2.